The molecular weight excluding hydrogens is 338 g/mol. The first-order chi connectivity index (χ1) is 11.0. The number of hydrogen-bond donors (Lipinski definition) is 3. The first-order valence-corrected chi connectivity index (χ1v) is 7.95. The van der Waals surface area contributed by atoms with Gasteiger partial charge >= 0.3 is 5.97 Å². The van der Waals surface area contributed by atoms with Crippen molar-refractivity contribution in [2.45, 2.75) is 12.5 Å². The van der Waals surface area contributed by atoms with Crippen molar-refractivity contribution in [2.24, 2.45) is 0 Å². The van der Waals surface area contributed by atoms with Gasteiger partial charge in [-0.1, -0.05) is 29.8 Å². The highest BCUT2D eigenvalue weighted by Gasteiger charge is 2.22. The van der Waals surface area contributed by atoms with Crippen molar-refractivity contribution in [3.05, 3.63) is 51.3 Å². The number of fused-ring (bicyclic) bond motifs is 1. The number of carboxylic acid groups (broad SMARTS) is 1. The van der Waals surface area contributed by atoms with Crippen molar-refractivity contribution in [3.63, 3.8) is 0 Å². The number of aromatic amines is 1. The number of benzene rings is 1. The number of thiophene rings is 1. The van der Waals surface area contributed by atoms with Crippen molar-refractivity contribution < 1.29 is 14.7 Å². The average molecular weight is 350 g/mol. The average Bonchev–Trinajstić information content (AvgIpc) is 3.12. The molecule has 0 bridgehead atoms. The predicted molar refractivity (Wildman–Crippen MR) is 87.9 cm³/mol. The Balaban J connectivity index is 1.87. The highest BCUT2D eigenvalue weighted by molar-refractivity contribution is 7.16. The number of carboxylic acids is 1. The maximum Gasteiger partial charge on any atom is 0.305 e. The van der Waals surface area contributed by atoms with Crippen LogP contribution in [-0.2, 0) is 4.79 Å². The Morgan fingerprint density at radius 2 is 2.09 bits per heavy atom. The Bertz CT molecular complexity index is 874. The van der Waals surface area contributed by atoms with Crippen molar-refractivity contribution in [1.82, 2.24) is 15.5 Å². The van der Waals surface area contributed by atoms with E-state index in [1.165, 1.54) is 11.3 Å². The lowest BCUT2D eigenvalue weighted by Crippen LogP contribution is -2.30. The molecule has 0 radical (unpaired) electrons. The lowest BCUT2D eigenvalue weighted by Gasteiger charge is -2.14. The third-order valence-corrected chi connectivity index (χ3v) is 4.65. The van der Waals surface area contributed by atoms with Gasteiger partial charge in [0.1, 0.15) is 0 Å². The minimum Gasteiger partial charge on any atom is -0.481 e. The van der Waals surface area contributed by atoms with Crippen LogP contribution < -0.4 is 5.32 Å². The van der Waals surface area contributed by atoms with Gasteiger partial charge in [0.15, 0.2) is 5.69 Å². The number of nitrogens with zero attached hydrogens (tertiary/aromatic N) is 1. The Hall–Kier alpha value is -2.38. The second-order valence-electron chi connectivity index (χ2n) is 4.88. The summed E-state index contributed by atoms with van der Waals surface area (Å²) in [4.78, 5) is 24.2. The first-order valence-electron chi connectivity index (χ1n) is 6.75. The van der Waals surface area contributed by atoms with Crippen LogP contribution >= 0.6 is 22.9 Å². The van der Waals surface area contributed by atoms with Crippen LogP contribution in [0.5, 0.6) is 0 Å². The second-order valence-corrected chi connectivity index (χ2v) is 6.63. The van der Waals surface area contributed by atoms with Crippen molar-refractivity contribution in [3.8, 4) is 0 Å². The molecule has 1 atom stereocenters. The number of amides is 1. The Kier molecular flexibility index (Phi) is 4.31. The second kappa shape index (κ2) is 6.39. The fourth-order valence-corrected chi connectivity index (χ4v) is 3.39. The maximum atomic E-state index is 12.5. The maximum absolute atomic E-state index is 12.5. The van der Waals surface area contributed by atoms with Crippen LogP contribution in [0.1, 0.15) is 27.8 Å². The summed E-state index contributed by atoms with van der Waals surface area (Å²) < 4.78 is 0.537. The van der Waals surface area contributed by atoms with E-state index in [0.29, 0.717) is 14.6 Å². The van der Waals surface area contributed by atoms with E-state index in [2.05, 4.69) is 15.5 Å². The summed E-state index contributed by atoms with van der Waals surface area (Å²) in [5, 5.41) is 19.3. The largest absolute Gasteiger partial charge is 0.481 e. The highest BCUT2D eigenvalue weighted by atomic mass is 35.5. The summed E-state index contributed by atoms with van der Waals surface area (Å²) >= 11 is 7.14. The van der Waals surface area contributed by atoms with Crippen LogP contribution in [0.3, 0.4) is 0 Å². The van der Waals surface area contributed by atoms with Gasteiger partial charge in [-0.05, 0) is 18.2 Å². The van der Waals surface area contributed by atoms with Gasteiger partial charge in [-0.15, -0.1) is 11.3 Å². The van der Waals surface area contributed by atoms with E-state index < -0.39 is 17.9 Å². The quantitative estimate of drug-likeness (QED) is 0.659. The molecule has 0 saturated heterocycles. The summed E-state index contributed by atoms with van der Waals surface area (Å²) in [6, 6.07) is 9.96. The molecule has 0 fully saturated rings. The molecule has 3 rings (SSSR count). The summed E-state index contributed by atoms with van der Waals surface area (Å²) in [6.07, 6.45) is -0.231. The number of H-pyrrole nitrogens is 1. The Morgan fingerprint density at radius 1 is 1.30 bits per heavy atom. The molecule has 2 heterocycles. The zero-order valence-corrected chi connectivity index (χ0v) is 13.3. The minimum atomic E-state index is -1.01. The molecule has 8 heteroatoms. The number of hydrogen-bond acceptors (Lipinski definition) is 4. The number of halogens is 1. The normalized spacial score (nSPS) is 12.2. The zero-order valence-electron chi connectivity index (χ0n) is 11.7. The molecule has 3 N–H and O–H groups in total. The van der Waals surface area contributed by atoms with Gasteiger partial charge in [0.2, 0.25) is 0 Å². The molecule has 0 spiro atoms. The number of aliphatic carboxylic acids is 1. The lowest BCUT2D eigenvalue weighted by molar-refractivity contribution is -0.137. The summed E-state index contributed by atoms with van der Waals surface area (Å²) in [6.45, 7) is 0. The molecule has 0 aliphatic heterocycles. The SMILES string of the molecule is O=C(O)CC(NC(=O)c1n[nH]c2ccccc12)c1ccc(Cl)s1. The lowest BCUT2D eigenvalue weighted by atomic mass is 10.1. The summed E-state index contributed by atoms with van der Waals surface area (Å²) in [5.41, 5.74) is 0.977. The fraction of sp³-hybridized carbons (Fsp3) is 0.133. The molecule has 6 nitrogen and oxygen atoms in total. The molecule has 118 valence electrons. The zero-order chi connectivity index (χ0) is 16.4. The number of nitrogens with one attached hydrogen (secondary N) is 2. The van der Waals surface area contributed by atoms with E-state index in [9.17, 15) is 9.59 Å². The Morgan fingerprint density at radius 3 is 2.78 bits per heavy atom. The number of aromatic nitrogens is 2. The number of carbonyl (C=O) groups excluding carboxylic acids is 1. The smallest absolute Gasteiger partial charge is 0.305 e. The van der Waals surface area contributed by atoms with Gasteiger partial charge in [0.05, 0.1) is 22.3 Å². The fourth-order valence-electron chi connectivity index (χ4n) is 2.28. The van der Waals surface area contributed by atoms with Gasteiger partial charge in [-0.3, -0.25) is 14.7 Å². The van der Waals surface area contributed by atoms with Crippen LogP contribution in [-0.4, -0.2) is 27.2 Å². The molecule has 1 amide bonds. The van der Waals surface area contributed by atoms with Crippen molar-refractivity contribution in [2.75, 3.05) is 0 Å². The molecule has 0 saturated carbocycles. The topological polar surface area (TPSA) is 95.1 Å². The number of rotatable bonds is 5. The number of carbonyl (C=O) groups is 2. The van der Waals surface area contributed by atoms with Gasteiger partial charge < -0.3 is 10.4 Å². The molecule has 0 aliphatic carbocycles. The van der Waals surface area contributed by atoms with Crippen LogP contribution in [0.15, 0.2) is 36.4 Å². The van der Waals surface area contributed by atoms with Crippen LogP contribution in [0, 0.1) is 0 Å². The van der Waals surface area contributed by atoms with E-state index in [0.717, 1.165) is 5.52 Å². The monoisotopic (exact) mass is 349 g/mol. The van der Waals surface area contributed by atoms with E-state index >= 15 is 0 Å². The van der Waals surface area contributed by atoms with Crippen LogP contribution in [0.25, 0.3) is 10.9 Å². The molecule has 1 unspecified atom stereocenters. The predicted octanol–water partition coefficient (Wildman–Crippen LogP) is 3.22. The third kappa shape index (κ3) is 3.35. The van der Waals surface area contributed by atoms with E-state index in [4.69, 9.17) is 16.7 Å². The van der Waals surface area contributed by atoms with Gasteiger partial charge in [-0.25, -0.2) is 0 Å². The molecule has 0 aliphatic rings. The molecule has 3 aromatic rings. The van der Waals surface area contributed by atoms with Crippen LogP contribution in [0.4, 0.5) is 0 Å². The highest BCUT2D eigenvalue weighted by Crippen LogP contribution is 2.29. The van der Waals surface area contributed by atoms with Gasteiger partial charge in [-0.2, -0.15) is 5.10 Å². The number of para-hydroxylation sites is 1. The van der Waals surface area contributed by atoms with Gasteiger partial charge in [0.25, 0.3) is 5.91 Å². The minimum absolute atomic E-state index is 0.231. The van der Waals surface area contributed by atoms with E-state index in [1.807, 2.05) is 18.2 Å². The molecular formula is C15H12ClN3O3S. The van der Waals surface area contributed by atoms with Crippen LogP contribution in [0.2, 0.25) is 4.34 Å². The summed E-state index contributed by atoms with van der Waals surface area (Å²) in [7, 11) is 0. The van der Waals surface area contributed by atoms with E-state index in [-0.39, 0.29) is 12.1 Å². The molecule has 1 aromatic carbocycles. The van der Waals surface area contributed by atoms with E-state index in [1.54, 1.807) is 18.2 Å². The summed E-state index contributed by atoms with van der Waals surface area (Å²) in [5.74, 6) is -1.44. The van der Waals surface area contributed by atoms with Crippen molar-refractivity contribution >= 4 is 45.7 Å². The van der Waals surface area contributed by atoms with Gasteiger partial charge in [0, 0.05) is 10.3 Å². The Labute approximate surface area is 140 Å². The standard InChI is InChI=1S/C15H12ClN3O3S/c16-12-6-5-11(23-12)10(7-13(20)21)17-15(22)14-8-3-1-2-4-9(8)18-19-14/h1-6,10H,7H2,(H,17,22)(H,18,19)(H,20,21). The van der Waals surface area contributed by atoms with Crippen molar-refractivity contribution in [1.29, 1.82) is 0 Å². The first kappa shape index (κ1) is 15.5. The third-order valence-electron chi connectivity index (χ3n) is 3.31. The molecule has 23 heavy (non-hydrogen) atoms. The molecule has 2 aromatic heterocycles.